The Morgan fingerprint density at radius 3 is 2.81 bits per heavy atom. The first kappa shape index (κ1) is 15.4. The number of nitrogens with zero attached hydrogens (tertiary/aromatic N) is 4. The molecule has 1 aliphatic heterocycles. The normalized spacial score (nSPS) is 18.9. The lowest BCUT2D eigenvalue weighted by Crippen LogP contribution is -2.23. The number of rotatable bonds is 4. The fraction of sp³-hybridized carbons (Fsp3) is 0.350. The van der Waals surface area contributed by atoms with Gasteiger partial charge in [-0.05, 0) is 43.0 Å². The van der Waals surface area contributed by atoms with Crippen LogP contribution in [0.5, 0.6) is 11.5 Å². The van der Waals surface area contributed by atoms with Gasteiger partial charge in [0.05, 0.1) is 19.6 Å². The fourth-order valence-electron chi connectivity index (χ4n) is 3.49. The molecule has 3 heterocycles. The van der Waals surface area contributed by atoms with Crippen molar-refractivity contribution in [1.29, 1.82) is 0 Å². The molecule has 26 heavy (non-hydrogen) atoms. The van der Waals surface area contributed by atoms with E-state index in [0.29, 0.717) is 12.5 Å². The van der Waals surface area contributed by atoms with Crippen LogP contribution in [0.15, 0.2) is 42.6 Å². The molecule has 6 nitrogen and oxygen atoms in total. The van der Waals surface area contributed by atoms with Crippen LogP contribution < -0.4 is 9.47 Å². The molecule has 5 rings (SSSR count). The van der Waals surface area contributed by atoms with Crippen LogP contribution in [0.4, 0.5) is 0 Å². The second-order valence-electron chi connectivity index (χ2n) is 6.86. The Bertz CT molecular complexity index is 934. The van der Waals surface area contributed by atoms with Crippen LogP contribution >= 0.6 is 0 Å². The second-order valence-corrected chi connectivity index (χ2v) is 6.86. The lowest BCUT2D eigenvalue weighted by Gasteiger charge is -2.26. The van der Waals surface area contributed by atoms with E-state index in [0.717, 1.165) is 40.9 Å². The van der Waals surface area contributed by atoms with Crippen LogP contribution in [-0.2, 0) is 6.42 Å². The van der Waals surface area contributed by atoms with Gasteiger partial charge in [-0.25, -0.2) is 9.97 Å². The van der Waals surface area contributed by atoms with Crippen molar-refractivity contribution in [1.82, 2.24) is 19.7 Å². The lowest BCUT2D eigenvalue weighted by atomic mass is 9.95. The zero-order valence-electron chi connectivity index (χ0n) is 14.6. The first-order chi connectivity index (χ1) is 12.8. The van der Waals surface area contributed by atoms with Gasteiger partial charge in [-0.2, -0.15) is 4.68 Å². The Morgan fingerprint density at radius 2 is 2.04 bits per heavy atom. The zero-order chi connectivity index (χ0) is 17.5. The minimum atomic E-state index is 0.136. The maximum atomic E-state index is 6.06. The van der Waals surface area contributed by atoms with Crippen molar-refractivity contribution in [3.8, 4) is 17.3 Å². The maximum absolute atomic E-state index is 6.06. The lowest BCUT2D eigenvalue weighted by molar-refractivity contribution is 0.242. The van der Waals surface area contributed by atoms with Crippen molar-refractivity contribution in [3.63, 3.8) is 0 Å². The van der Waals surface area contributed by atoms with Gasteiger partial charge in [0.15, 0.2) is 23.1 Å². The molecular weight excluding hydrogens is 328 g/mol. The van der Waals surface area contributed by atoms with Gasteiger partial charge in [-0.3, -0.25) is 0 Å². The van der Waals surface area contributed by atoms with Gasteiger partial charge in [0.2, 0.25) is 0 Å². The minimum Gasteiger partial charge on any atom is -0.493 e. The Hall–Kier alpha value is -2.89. The number of hydrogen-bond acceptors (Lipinski definition) is 5. The van der Waals surface area contributed by atoms with Crippen molar-refractivity contribution in [2.75, 3.05) is 13.7 Å². The highest BCUT2D eigenvalue weighted by atomic mass is 16.5. The largest absolute Gasteiger partial charge is 0.493 e. The van der Waals surface area contributed by atoms with E-state index in [1.807, 2.05) is 35.0 Å². The molecule has 1 fully saturated rings. The molecule has 0 unspecified atom stereocenters. The molecule has 0 amide bonds. The zero-order valence-corrected chi connectivity index (χ0v) is 14.6. The molecule has 1 aromatic carbocycles. The smallest absolute Gasteiger partial charge is 0.164 e. The summed E-state index contributed by atoms with van der Waals surface area (Å²) in [6.45, 7) is 0.559. The maximum Gasteiger partial charge on any atom is 0.164 e. The summed E-state index contributed by atoms with van der Waals surface area (Å²) in [5, 5.41) is 4.77. The van der Waals surface area contributed by atoms with E-state index < -0.39 is 0 Å². The molecule has 3 aromatic rings. The van der Waals surface area contributed by atoms with E-state index in [1.54, 1.807) is 13.3 Å². The predicted molar refractivity (Wildman–Crippen MR) is 96.1 cm³/mol. The molecule has 1 aliphatic carbocycles. The number of aromatic nitrogens is 4. The third-order valence-corrected chi connectivity index (χ3v) is 5.00. The summed E-state index contributed by atoms with van der Waals surface area (Å²) in [5.74, 6) is 4.93. The van der Waals surface area contributed by atoms with Crippen molar-refractivity contribution >= 4 is 0 Å². The summed E-state index contributed by atoms with van der Waals surface area (Å²) in [6, 6.07) is 11.9. The molecule has 2 aliphatic rings. The van der Waals surface area contributed by atoms with Crippen LogP contribution in [0.2, 0.25) is 0 Å². The average Bonchev–Trinajstić information content (AvgIpc) is 3.46. The van der Waals surface area contributed by atoms with Crippen LogP contribution in [0.25, 0.3) is 5.82 Å². The van der Waals surface area contributed by atoms with E-state index in [4.69, 9.17) is 19.6 Å². The molecule has 2 aromatic heterocycles. The number of ether oxygens (including phenoxy) is 2. The highest BCUT2D eigenvalue weighted by Gasteiger charge is 2.33. The molecule has 0 bridgehead atoms. The predicted octanol–water partition coefficient (Wildman–Crippen LogP) is 3.27. The van der Waals surface area contributed by atoms with Crippen molar-refractivity contribution in [3.05, 3.63) is 59.8 Å². The monoisotopic (exact) mass is 348 g/mol. The van der Waals surface area contributed by atoms with Crippen LogP contribution in [-0.4, -0.2) is 33.5 Å². The standard InChI is InChI=1S/C20H20N4O2/c1-25-16-6-4-5-14-11-15(12-26-18(14)16)20-22-19(13-8-9-13)23-24(20)17-7-2-3-10-21-17/h2-7,10,13,15H,8-9,11-12H2,1H3/t15-/m0/s1. The van der Waals surface area contributed by atoms with Gasteiger partial charge >= 0.3 is 0 Å². The van der Waals surface area contributed by atoms with Crippen LogP contribution in [0.1, 0.15) is 41.9 Å². The molecular formula is C20H20N4O2. The summed E-state index contributed by atoms with van der Waals surface area (Å²) < 4.78 is 13.4. The topological polar surface area (TPSA) is 62.1 Å². The molecule has 0 N–H and O–H groups in total. The Balaban J connectivity index is 1.54. The third kappa shape index (κ3) is 2.62. The summed E-state index contributed by atoms with van der Waals surface area (Å²) >= 11 is 0. The average molecular weight is 348 g/mol. The summed E-state index contributed by atoms with van der Waals surface area (Å²) in [7, 11) is 1.67. The number of methoxy groups -OCH3 is 1. The molecule has 0 spiro atoms. The Kier molecular flexibility index (Phi) is 3.62. The molecule has 0 radical (unpaired) electrons. The van der Waals surface area contributed by atoms with E-state index >= 15 is 0 Å². The van der Waals surface area contributed by atoms with Crippen molar-refractivity contribution < 1.29 is 9.47 Å². The Labute approximate surface area is 151 Å². The summed E-state index contributed by atoms with van der Waals surface area (Å²) in [4.78, 5) is 9.36. The fourth-order valence-corrected chi connectivity index (χ4v) is 3.49. The van der Waals surface area contributed by atoms with E-state index in [1.165, 1.54) is 12.8 Å². The summed E-state index contributed by atoms with van der Waals surface area (Å²) in [6.07, 6.45) is 4.98. The third-order valence-electron chi connectivity index (χ3n) is 5.00. The number of para-hydroxylation sites is 1. The van der Waals surface area contributed by atoms with Crippen LogP contribution in [0, 0.1) is 0 Å². The minimum absolute atomic E-state index is 0.136. The van der Waals surface area contributed by atoms with Gasteiger partial charge in [-0.15, -0.1) is 5.10 Å². The SMILES string of the molecule is COc1cccc2c1OC[C@@H](c1nc(C3CC3)nn1-c1ccccn1)C2. The van der Waals surface area contributed by atoms with Gasteiger partial charge in [-0.1, -0.05) is 18.2 Å². The van der Waals surface area contributed by atoms with Gasteiger partial charge in [0.25, 0.3) is 0 Å². The number of pyridine rings is 1. The number of benzene rings is 1. The van der Waals surface area contributed by atoms with Gasteiger partial charge in [0, 0.05) is 12.1 Å². The molecule has 1 saturated carbocycles. The quantitative estimate of drug-likeness (QED) is 0.724. The molecule has 6 heteroatoms. The first-order valence-corrected chi connectivity index (χ1v) is 9.00. The van der Waals surface area contributed by atoms with Gasteiger partial charge in [0.1, 0.15) is 5.82 Å². The molecule has 1 atom stereocenters. The first-order valence-electron chi connectivity index (χ1n) is 9.00. The number of hydrogen-bond donors (Lipinski definition) is 0. The molecule has 0 saturated heterocycles. The highest BCUT2D eigenvalue weighted by molar-refractivity contribution is 5.48. The van der Waals surface area contributed by atoms with E-state index in [2.05, 4.69) is 11.1 Å². The van der Waals surface area contributed by atoms with E-state index in [9.17, 15) is 0 Å². The number of fused-ring (bicyclic) bond motifs is 1. The van der Waals surface area contributed by atoms with Crippen molar-refractivity contribution in [2.24, 2.45) is 0 Å². The van der Waals surface area contributed by atoms with E-state index in [-0.39, 0.29) is 5.92 Å². The molecule has 132 valence electrons. The van der Waals surface area contributed by atoms with Gasteiger partial charge < -0.3 is 9.47 Å². The highest BCUT2D eigenvalue weighted by Crippen LogP contribution is 2.41. The second kappa shape index (κ2) is 6.12. The Morgan fingerprint density at radius 1 is 1.12 bits per heavy atom. The summed E-state index contributed by atoms with van der Waals surface area (Å²) in [5.41, 5.74) is 1.14. The van der Waals surface area contributed by atoms with Crippen LogP contribution in [0.3, 0.4) is 0 Å². The van der Waals surface area contributed by atoms with Crippen molar-refractivity contribution in [2.45, 2.75) is 31.1 Å².